The molecule has 0 radical (unpaired) electrons. The Labute approximate surface area is 83.8 Å². The Morgan fingerprint density at radius 2 is 2.50 bits per heavy atom. The number of hydrogen-bond donors (Lipinski definition) is 1. The maximum Gasteiger partial charge on any atom is 0.105 e. The lowest BCUT2D eigenvalue weighted by Crippen LogP contribution is -2.23. The van der Waals surface area contributed by atoms with E-state index in [1.54, 1.807) is 4.68 Å². The average molecular weight is 192 g/mol. The monoisotopic (exact) mass is 192 g/mol. The first-order chi connectivity index (χ1) is 6.74. The van der Waals surface area contributed by atoms with Gasteiger partial charge in [0.05, 0.1) is 6.20 Å². The molecule has 1 aromatic rings. The van der Waals surface area contributed by atoms with Gasteiger partial charge in [-0.05, 0) is 31.8 Å². The van der Waals surface area contributed by atoms with Gasteiger partial charge in [-0.2, -0.15) is 0 Å². The fraction of sp³-hybridized carbons (Fsp3) is 0.600. The van der Waals surface area contributed by atoms with Crippen LogP contribution < -0.4 is 5.73 Å². The number of nitrogens with two attached hydrogens (primary N) is 1. The van der Waals surface area contributed by atoms with Gasteiger partial charge < -0.3 is 5.73 Å². The summed E-state index contributed by atoms with van der Waals surface area (Å²) in [7, 11) is 1.88. The Balaban J connectivity index is 2.09. The Morgan fingerprint density at radius 3 is 3.14 bits per heavy atom. The number of aromatic nitrogens is 3. The Kier molecular flexibility index (Phi) is 2.63. The van der Waals surface area contributed by atoms with Crippen molar-refractivity contribution < 1.29 is 0 Å². The zero-order chi connectivity index (χ0) is 9.97. The summed E-state index contributed by atoms with van der Waals surface area (Å²) in [4.78, 5) is 0. The van der Waals surface area contributed by atoms with E-state index in [2.05, 4.69) is 16.4 Å². The lowest BCUT2D eigenvalue weighted by molar-refractivity contribution is 0.520. The highest BCUT2D eigenvalue weighted by molar-refractivity contribution is 5.47. The molecule has 2 rings (SSSR count). The molecule has 0 spiro atoms. The average Bonchev–Trinajstić information content (AvgIpc) is 2.51. The molecule has 0 aliphatic heterocycles. The van der Waals surface area contributed by atoms with Crippen molar-refractivity contribution in [2.24, 2.45) is 12.8 Å². The van der Waals surface area contributed by atoms with Crippen LogP contribution in [0.15, 0.2) is 11.8 Å². The normalized spacial score (nSPS) is 25.6. The second-order valence-electron chi connectivity index (χ2n) is 3.98. The van der Waals surface area contributed by atoms with Gasteiger partial charge in [0.25, 0.3) is 0 Å². The number of nitrogens with zero attached hydrogens (tertiary/aromatic N) is 3. The fourth-order valence-corrected chi connectivity index (χ4v) is 1.90. The maximum absolute atomic E-state index is 5.90. The van der Waals surface area contributed by atoms with Crippen LogP contribution in [0, 0.1) is 0 Å². The van der Waals surface area contributed by atoms with Crippen LogP contribution in [0.4, 0.5) is 0 Å². The van der Waals surface area contributed by atoms with Gasteiger partial charge in [0.2, 0.25) is 0 Å². The minimum absolute atomic E-state index is 0.340. The Bertz CT molecular complexity index is 340. The molecule has 14 heavy (non-hydrogen) atoms. The van der Waals surface area contributed by atoms with Crippen molar-refractivity contribution in [1.29, 1.82) is 0 Å². The third kappa shape index (κ3) is 2.20. The number of hydrogen-bond acceptors (Lipinski definition) is 3. The van der Waals surface area contributed by atoms with Crippen molar-refractivity contribution >= 4 is 6.08 Å². The number of rotatable bonds is 1. The molecule has 1 heterocycles. The van der Waals surface area contributed by atoms with Gasteiger partial charge >= 0.3 is 0 Å². The molecule has 1 saturated carbocycles. The van der Waals surface area contributed by atoms with Crippen LogP contribution in [0.3, 0.4) is 0 Å². The zero-order valence-electron chi connectivity index (χ0n) is 8.48. The van der Waals surface area contributed by atoms with E-state index in [0.717, 1.165) is 25.0 Å². The van der Waals surface area contributed by atoms with E-state index < -0.39 is 0 Å². The van der Waals surface area contributed by atoms with Gasteiger partial charge in [-0.3, -0.25) is 4.68 Å². The fourth-order valence-electron chi connectivity index (χ4n) is 1.90. The molecular weight excluding hydrogens is 176 g/mol. The van der Waals surface area contributed by atoms with Crippen LogP contribution >= 0.6 is 0 Å². The van der Waals surface area contributed by atoms with E-state index in [1.807, 2.05) is 13.2 Å². The molecule has 0 bridgehead atoms. The second kappa shape index (κ2) is 3.92. The Hall–Kier alpha value is -1.16. The van der Waals surface area contributed by atoms with Gasteiger partial charge in [0.1, 0.15) is 5.69 Å². The SMILES string of the molecule is Cn1cc(/C=C2/CCCC(N)C2)nn1. The summed E-state index contributed by atoms with van der Waals surface area (Å²) < 4.78 is 1.72. The van der Waals surface area contributed by atoms with E-state index >= 15 is 0 Å². The first-order valence-electron chi connectivity index (χ1n) is 5.05. The molecule has 0 saturated heterocycles. The van der Waals surface area contributed by atoms with Crippen molar-refractivity contribution in [2.45, 2.75) is 31.7 Å². The van der Waals surface area contributed by atoms with Crippen LogP contribution in [-0.2, 0) is 7.05 Å². The molecule has 1 aromatic heterocycles. The van der Waals surface area contributed by atoms with Crippen molar-refractivity contribution in [1.82, 2.24) is 15.0 Å². The van der Waals surface area contributed by atoms with E-state index in [4.69, 9.17) is 5.73 Å². The third-order valence-electron chi connectivity index (χ3n) is 2.57. The summed E-state index contributed by atoms with van der Waals surface area (Å²) in [5.41, 5.74) is 8.25. The van der Waals surface area contributed by atoms with E-state index in [-0.39, 0.29) is 0 Å². The predicted octanol–water partition coefficient (Wildman–Crippen LogP) is 1.10. The molecule has 0 aromatic carbocycles. The largest absolute Gasteiger partial charge is 0.327 e. The van der Waals surface area contributed by atoms with Crippen molar-refractivity contribution in [3.8, 4) is 0 Å². The van der Waals surface area contributed by atoms with E-state index in [9.17, 15) is 0 Å². The van der Waals surface area contributed by atoms with Crippen LogP contribution in [-0.4, -0.2) is 21.0 Å². The van der Waals surface area contributed by atoms with Crippen LogP contribution in [0.25, 0.3) is 6.08 Å². The van der Waals surface area contributed by atoms with E-state index in [1.165, 1.54) is 12.0 Å². The molecule has 4 heteroatoms. The first-order valence-corrected chi connectivity index (χ1v) is 5.05. The smallest absolute Gasteiger partial charge is 0.105 e. The third-order valence-corrected chi connectivity index (χ3v) is 2.57. The standard InChI is InChI=1S/C10H16N4/c1-14-7-10(12-13-14)6-8-3-2-4-9(11)5-8/h6-7,9H,2-5,11H2,1H3/b8-6-. The highest BCUT2D eigenvalue weighted by Gasteiger charge is 2.13. The summed E-state index contributed by atoms with van der Waals surface area (Å²) >= 11 is 0. The van der Waals surface area contributed by atoms with Crippen molar-refractivity contribution in [2.75, 3.05) is 0 Å². The highest BCUT2D eigenvalue weighted by Crippen LogP contribution is 2.23. The summed E-state index contributed by atoms with van der Waals surface area (Å²) in [5, 5.41) is 7.92. The second-order valence-corrected chi connectivity index (χ2v) is 3.98. The summed E-state index contributed by atoms with van der Waals surface area (Å²) in [5.74, 6) is 0. The molecule has 1 fully saturated rings. The molecule has 1 aliphatic carbocycles. The van der Waals surface area contributed by atoms with E-state index in [0.29, 0.717) is 6.04 Å². The minimum atomic E-state index is 0.340. The first kappa shape index (κ1) is 9.40. The van der Waals surface area contributed by atoms with Gasteiger partial charge in [0, 0.05) is 13.1 Å². The maximum atomic E-state index is 5.90. The summed E-state index contributed by atoms with van der Waals surface area (Å²) in [6.07, 6.45) is 8.56. The molecule has 1 unspecified atom stereocenters. The van der Waals surface area contributed by atoms with Gasteiger partial charge in [-0.25, -0.2) is 0 Å². The zero-order valence-corrected chi connectivity index (χ0v) is 8.48. The predicted molar refractivity (Wildman–Crippen MR) is 55.4 cm³/mol. The molecular formula is C10H16N4. The lowest BCUT2D eigenvalue weighted by Gasteiger charge is -2.19. The molecule has 4 nitrogen and oxygen atoms in total. The van der Waals surface area contributed by atoms with Gasteiger partial charge in [-0.15, -0.1) is 5.10 Å². The van der Waals surface area contributed by atoms with Gasteiger partial charge in [-0.1, -0.05) is 10.8 Å². The number of aryl methyl sites for hydroxylation is 1. The van der Waals surface area contributed by atoms with Crippen LogP contribution in [0.1, 0.15) is 31.4 Å². The minimum Gasteiger partial charge on any atom is -0.327 e. The molecule has 1 atom stereocenters. The molecule has 2 N–H and O–H groups in total. The molecule has 1 aliphatic rings. The van der Waals surface area contributed by atoms with Gasteiger partial charge in [0.15, 0.2) is 0 Å². The van der Waals surface area contributed by atoms with Crippen LogP contribution in [0.5, 0.6) is 0 Å². The summed E-state index contributed by atoms with van der Waals surface area (Å²) in [6, 6.07) is 0.340. The molecule has 76 valence electrons. The lowest BCUT2D eigenvalue weighted by atomic mass is 9.91. The summed E-state index contributed by atoms with van der Waals surface area (Å²) in [6.45, 7) is 0. The van der Waals surface area contributed by atoms with Crippen LogP contribution in [0.2, 0.25) is 0 Å². The Morgan fingerprint density at radius 1 is 1.64 bits per heavy atom. The highest BCUT2D eigenvalue weighted by atomic mass is 15.4. The molecule has 0 amide bonds. The quantitative estimate of drug-likeness (QED) is 0.725. The topological polar surface area (TPSA) is 56.7 Å². The van der Waals surface area contributed by atoms with Crippen molar-refractivity contribution in [3.63, 3.8) is 0 Å². The van der Waals surface area contributed by atoms with Crippen molar-refractivity contribution in [3.05, 3.63) is 17.5 Å².